The number of thiocarbonyl (C=S) groups is 1. The Bertz CT molecular complexity index is 719. The molecule has 0 aliphatic rings. The van der Waals surface area contributed by atoms with Crippen LogP contribution in [0.15, 0.2) is 48.5 Å². The van der Waals surface area contributed by atoms with Crippen molar-refractivity contribution in [1.82, 2.24) is 0 Å². The van der Waals surface area contributed by atoms with Crippen LogP contribution in [0.5, 0.6) is 5.75 Å². The van der Waals surface area contributed by atoms with Crippen LogP contribution in [0.25, 0.3) is 0 Å². The quantitative estimate of drug-likeness (QED) is 0.608. The fourth-order valence-corrected chi connectivity index (χ4v) is 2.33. The molecule has 0 amide bonds. The van der Waals surface area contributed by atoms with Crippen LogP contribution in [0.1, 0.15) is 24.2 Å². The van der Waals surface area contributed by atoms with E-state index in [1.54, 1.807) is 25.1 Å². The Balaban J connectivity index is 2.12. The zero-order valence-corrected chi connectivity index (χ0v) is 14.5. The molecule has 5 nitrogen and oxygen atoms in total. The molecule has 0 unspecified atom stereocenters. The molecule has 0 bridgehead atoms. The largest absolute Gasteiger partial charge is 0.492 e. The van der Waals surface area contributed by atoms with Gasteiger partial charge in [0.15, 0.2) is 5.11 Å². The number of nitrogens with one attached hydrogen (secondary N) is 2. The van der Waals surface area contributed by atoms with E-state index in [4.69, 9.17) is 21.7 Å². The molecule has 0 atom stereocenters. The molecule has 24 heavy (non-hydrogen) atoms. The van der Waals surface area contributed by atoms with Gasteiger partial charge >= 0.3 is 5.97 Å². The van der Waals surface area contributed by atoms with Gasteiger partial charge in [0.25, 0.3) is 0 Å². The van der Waals surface area contributed by atoms with Crippen molar-refractivity contribution >= 4 is 34.7 Å². The van der Waals surface area contributed by atoms with Gasteiger partial charge in [0.05, 0.1) is 30.2 Å². The highest BCUT2D eigenvalue weighted by molar-refractivity contribution is 7.80. The van der Waals surface area contributed by atoms with Crippen LogP contribution < -0.4 is 15.4 Å². The fraction of sp³-hybridized carbons (Fsp3) is 0.222. The van der Waals surface area contributed by atoms with E-state index in [1.807, 2.05) is 37.3 Å². The molecule has 0 aliphatic heterocycles. The third-order valence-electron chi connectivity index (χ3n) is 3.11. The Morgan fingerprint density at radius 1 is 0.958 bits per heavy atom. The predicted octanol–water partition coefficient (Wildman–Crippen LogP) is 4.07. The molecule has 2 aromatic rings. The molecule has 2 aromatic carbocycles. The maximum absolute atomic E-state index is 12.0. The number of esters is 1. The molecule has 0 aromatic heterocycles. The van der Waals surface area contributed by atoms with E-state index in [0.717, 1.165) is 5.69 Å². The summed E-state index contributed by atoms with van der Waals surface area (Å²) in [4.78, 5) is 12.0. The first-order chi connectivity index (χ1) is 11.7. The summed E-state index contributed by atoms with van der Waals surface area (Å²) in [6.07, 6.45) is 0. The zero-order valence-electron chi connectivity index (χ0n) is 13.7. The normalized spacial score (nSPS) is 9.92. The Kier molecular flexibility index (Phi) is 6.57. The number of benzene rings is 2. The Hall–Kier alpha value is -2.60. The molecule has 0 heterocycles. The summed E-state index contributed by atoms with van der Waals surface area (Å²) >= 11 is 5.34. The van der Waals surface area contributed by atoms with Crippen molar-refractivity contribution in [2.24, 2.45) is 0 Å². The van der Waals surface area contributed by atoms with Crippen LogP contribution in [-0.4, -0.2) is 24.3 Å². The first-order valence-corrected chi connectivity index (χ1v) is 8.12. The van der Waals surface area contributed by atoms with Crippen molar-refractivity contribution in [3.05, 3.63) is 54.1 Å². The van der Waals surface area contributed by atoms with Crippen LogP contribution >= 0.6 is 12.2 Å². The van der Waals surface area contributed by atoms with Crippen LogP contribution in [0, 0.1) is 0 Å². The van der Waals surface area contributed by atoms with Crippen molar-refractivity contribution in [3.8, 4) is 5.75 Å². The monoisotopic (exact) mass is 344 g/mol. The van der Waals surface area contributed by atoms with E-state index in [0.29, 0.717) is 35.3 Å². The van der Waals surface area contributed by atoms with E-state index in [1.165, 1.54) is 0 Å². The number of para-hydroxylation sites is 3. The number of anilines is 2. The minimum Gasteiger partial charge on any atom is -0.492 e. The van der Waals surface area contributed by atoms with E-state index >= 15 is 0 Å². The predicted molar refractivity (Wildman–Crippen MR) is 99.9 cm³/mol. The lowest BCUT2D eigenvalue weighted by Crippen LogP contribution is -2.21. The first-order valence-electron chi connectivity index (χ1n) is 7.71. The number of hydrogen-bond acceptors (Lipinski definition) is 4. The molecule has 2 rings (SSSR count). The van der Waals surface area contributed by atoms with Gasteiger partial charge in [0.1, 0.15) is 5.75 Å². The highest BCUT2D eigenvalue weighted by atomic mass is 32.1. The van der Waals surface area contributed by atoms with Crippen molar-refractivity contribution in [2.75, 3.05) is 23.8 Å². The number of carbonyl (C=O) groups excluding carboxylic acids is 1. The maximum atomic E-state index is 12.0. The number of carbonyl (C=O) groups is 1. The molecule has 0 saturated heterocycles. The molecular formula is C18H20N2O3S. The summed E-state index contributed by atoms with van der Waals surface area (Å²) in [5.41, 5.74) is 1.77. The Morgan fingerprint density at radius 3 is 2.29 bits per heavy atom. The molecule has 126 valence electrons. The summed E-state index contributed by atoms with van der Waals surface area (Å²) in [5, 5.41) is 6.48. The van der Waals surface area contributed by atoms with Crippen LogP contribution in [-0.2, 0) is 4.74 Å². The van der Waals surface area contributed by atoms with E-state index in [-0.39, 0.29) is 0 Å². The van der Waals surface area contributed by atoms with E-state index in [9.17, 15) is 4.79 Å². The van der Waals surface area contributed by atoms with Crippen LogP contribution in [0.3, 0.4) is 0 Å². The van der Waals surface area contributed by atoms with Gasteiger partial charge in [-0.25, -0.2) is 4.79 Å². The average molecular weight is 344 g/mol. The molecular weight excluding hydrogens is 324 g/mol. The molecule has 2 N–H and O–H groups in total. The standard InChI is InChI=1S/C18H20N2O3S/c1-3-22-16-12-8-7-11-15(16)20-18(24)19-14-10-6-5-9-13(14)17(21)23-4-2/h5-12H,3-4H2,1-2H3,(H2,19,20,24). The van der Waals surface area contributed by atoms with Crippen molar-refractivity contribution in [1.29, 1.82) is 0 Å². The molecule has 0 spiro atoms. The topological polar surface area (TPSA) is 59.6 Å². The third kappa shape index (κ3) is 4.70. The van der Waals surface area contributed by atoms with Gasteiger partial charge in [0, 0.05) is 0 Å². The zero-order chi connectivity index (χ0) is 17.4. The van der Waals surface area contributed by atoms with E-state index in [2.05, 4.69) is 10.6 Å². The van der Waals surface area contributed by atoms with Crippen molar-refractivity contribution in [2.45, 2.75) is 13.8 Å². The lowest BCUT2D eigenvalue weighted by atomic mass is 10.2. The smallest absolute Gasteiger partial charge is 0.340 e. The number of rotatable bonds is 6. The third-order valence-corrected chi connectivity index (χ3v) is 3.31. The van der Waals surface area contributed by atoms with Gasteiger partial charge in [-0.3, -0.25) is 0 Å². The van der Waals surface area contributed by atoms with Gasteiger partial charge in [-0.15, -0.1) is 0 Å². The average Bonchev–Trinajstić information content (AvgIpc) is 2.57. The molecule has 6 heteroatoms. The molecule has 0 saturated carbocycles. The second-order valence-corrected chi connectivity index (χ2v) is 5.18. The summed E-state index contributed by atoms with van der Waals surface area (Å²) in [7, 11) is 0. The molecule has 0 radical (unpaired) electrons. The Morgan fingerprint density at radius 2 is 1.58 bits per heavy atom. The van der Waals surface area contributed by atoms with Crippen LogP contribution in [0.4, 0.5) is 11.4 Å². The summed E-state index contributed by atoms with van der Waals surface area (Å²) in [5.74, 6) is 0.320. The van der Waals surface area contributed by atoms with Gasteiger partial charge in [-0.05, 0) is 50.3 Å². The summed E-state index contributed by atoms with van der Waals surface area (Å²) in [6.45, 7) is 4.57. The molecule has 0 fully saturated rings. The lowest BCUT2D eigenvalue weighted by molar-refractivity contribution is 0.0527. The number of ether oxygens (including phenoxy) is 2. The summed E-state index contributed by atoms with van der Waals surface area (Å²) < 4.78 is 10.6. The van der Waals surface area contributed by atoms with Crippen molar-refractivity contribution in [3.63, 3.8) is 0 Å². The minimum absolute atomic E-state index is 0.317. The maximum Gasteiger partial charge on any atom is 0.340 e. The lowest BCUT2D eigenvalue weighted by Gasteiger charge is -2.15. The minimum atomic E-state index is -0.391. The van der Waals surface area contributed by atoms with E-state index < -0.39 is 5.97 Å². The van der Waals surface area contributed by atoms with Gasteiger partial charge in [-0.2, -0.15) is 0 Å². The SMILES string of the molecule is CCOC(=O)c1ccccc1NC(=S)Nc1ccccc1OCC. The van der Waals surface area contributed by atoms with Crippen LogP contribution in [0.2, 0.25) is 0 Å². The van der Waals surface area contributed by atoms with Gasteiger partial charge in [-0.1, -0.05) is 24.3 Å². The van der Waals surface area contributed by atoms with Crippen molar-refractivity contribution < 1.29 is 14.3 Å². The Labute approximate surface area is 147 Å². The fourth-order valence-electron chi connectivity index (χ4n) is 2.11. The van der Waals surface area contributed by atoms with Gasteiger partial charge < -0.3 is 20.1 Å². The second-order valence-electron chi connectivity index (χ2n) is 4.77. The second kappa shape index (κ2) is 8.88. The highest BCUT2D eigenvalue weighted by Gasteiger charge is 2.13. The number of hydrogen-bond donors (Lipinski definition) is 2. The summed E-state index contributed by atoms with van der Waals surface area (Å²) in [6, 6.07) is 14.6. The highest BCUT2D eigenvalue weighted by Crippen LogP contribution is 2.24. The first kappa shape index (κ1) is 17.7. The molecule has 0 aliphatic carbocycles. The van der Waals surface area contributed by atoms with Gasteiger partial charge in [0.2, 0.25) is 0 Å².